The molecule has 0 saturated carbocycles. The van der Waals surface area contributed by atoms with E-state index in [4.69, 9.17) is 5.11 Å². The van der Waals surface area contributed by atoms with Gasteiger partial charge in [0.1, 0.15) is 6.04 Å². The lowest BCUT2D eigenvalue weighted by atomic mass is 10.1. The summed E-state index contributed by atoms with van der Waals surface area (Å²) in [5.41, 5.74) is 0.578. The van der Waals surface area contributed by atoms with Gasteiger partial charge in [0.25, 0.3) is 0 Å². The number of aromatic nitrogens is 3. The first-order valence-corrected chi connectivity index (χ1v) is 6.80. The van der Waals surface area contributed by atoms with E-state index >= 15 is 0 Å². The molecule has 2 N–H and O–H groups in total. The number of hydrogen-bond donors (Lipinski definition) is 2. The molecular formula is C13H22N4O3. The summed E-state index contributed by atoms with van der Waals surface area (Å²) < 4.78 is 1.46. The Morgan fingerprint density at radius 1 is 1.40 bits per heavy atom. The fraction of sp³-hybridized carbons (Fsp3) is 0.692. The third kappa shape index (κ3) is 5.38. The monoisotopic (exact) mass is 282 g/mol. The molecule has 1 aromatic heterocycles. The van der Waals surface area contributed by atoms with E-state index < -0.39 is 12.0 Å². The number of nitrogens with one attached hydrogen (secondary N) is 1. The van der Waals surface area contributed by atoms with E-state index in [-0.39, 0.29) is 12.3 Å². The molecule has 1 atom stereocenters. The van der Waals surface area contributed by atoms with Gasteiger partial charge in [-0.2, -0.15) is 0 Å². The molecule has 0 saturated heterocycles. The van der Waals surface area contributed by atoms with Crippen molar-refractivity contribution in [3.05, 3.63) is 11.9 Å². The van der Waals surface area contributed by atoms with Gasteiger partial charge >= 0.3 is 5.97 Å². The van der Waals surface area contributed by atoms with Gasteiger partial charge in [-0.05, 0) is 19.3 Å². The summed E-state index contributed by atoms with van der Waals surface area (Å²) in [4.78, 5) is 22.4. The van der Waals surface area contributed by atoms with Crippen LogP contribution in [0.25, 0.3) is 0 Å². The topological polar surface area (TPSA) is 97.1 Å². The van der Waals surface area contributed by atoms with Crippen molar-refractivity contribution in [3.63, 3.8) is 0 Å². The van der Waals surface area contributed by atoms with Crippen LogP contribution in [0.5, 0.6) is 0 Å². The second-order valence-electron chi connectivity index (χ2n) is 5.23. The predicted octanol–water partition coefficient (Wildman–Crippen LogP) is 1.02. The molecule has 0 aliphatic heterocycles. The molecule has 0 radical (unpaired) electrons. The Hall–Kier alpha value is -1.92. The summed E-state index contributed by atoms with van der Waals surface area (Å²) in [6.07, 6.45) is 2.87. The molecule has 1 rings (SSSR count). The van der Waals surface area contributed by atoms with Crippen LogP contribution in [0.4, 0.5) is 0 Å². The fourth-order valence-electron chi connectivity index (χ4n) is 1.60. The smallest absolute Gasteiger partial charge is 0.303 e. The van der Waals surface area contributed by atoms with Crippen LogP contribution in [-0.2, 0) is 16.0 Å². The van der Waals surface area contributed by atoms with Crippen molar-refractivity contribution in [1.82, 2.24) is 20.3 Å². The van der Waals surface area contributed by atoms with Crippen molar-refractivity contribution in [3.8, 4) is 0 Å². The van der Waals surface area contributed by atoms with Crippen LogP contribution >= 0.6 is 0 Å². The van der Waals surface area contributed by atoms with Crippen molar-refractivity contribution in [2.24, 2.45) is 5.92 Å². The van der Waals surface area contributed by atoms with E-state index in [1.165, 1.54) is 4.68 Å². The minimum atomic E-state index is -0.876. The molecule has 112 valence electrons. The number of carboxylic acids is 1. The Kier molecular flexibility index (Phi) is 6.14. The fourth-order valence-corrected chi connectivity index (χ4v) is 1.60. The zero-order valence-electron chi connectivity index (χ0n) is 12.2. The van der Waals surface area contributed by atoms with Crippen LogP contribution < -0.4 is 5.32 Å². The normalized spacial score (nSPS) is 12.4. The summed E-state index contributed by atoms with van der Waals surface area (Å²) in [6, 6.07) is -0.451. The molecule has 1 heterocycles. The quantitative estimate of drug-likeness (QED) is 0.742. The number of carboxylic acid groups (broad SMARTS) is 1. The number of nitrogens with zero attached hydrogens (tertiary/aromatic N) is 3. The molecule has 0 aliphatic rings. The minimum absolute atomic E-state index is 0.00760. The first-order chi connectivity index (χ1) is 9.40. The van der Waals surface area contributed by atoms with Crippen molar-refractivity contribution < 1.29 is 14.7 Å². The Balaban J connectivity index is 2.48. The number of aryl methyl sites for hydroxylation is 1. The SMILES string of the molecule is CC(C)CCNC(=O)C(C)n1cc(CCC(=O)O)nn1. The molecule has 7 nitrogen and oxygen atoms in total. The average Bonchev–Trinajstić information content (AvgIpc) is 2.83. The zero-order chi connectivity index (χ0) is 15.1. The predicted molar refractivity (Wildman–Crippen MR) is 73.2 cm³/mol. The summed E-state index contributed by atoms with van der Waals surface area (Å²) in [5, 5.41) is 19.2. The minimum Gasteiger partial charge on any atom is -0.481 e. The number of amides is 1. The largest absolute Gasteiger partial charge is 0.481 e. The van der Waals surface area contributed by atoms with E-state index in [1.54, 1.807) is 13.1 Å². The van der Waals surface area contributed by atoms with E-state index in [1.807, 2.05) is 0 Å². The van der Waals surface area contributed by atoms with Crippen LogP contribution in [0.2, 0.25) is 0 Å². The maximum absolute atomic E-state index is 11.9. The van der Waals surface area contributed by atoms with Crippen LogP contribution in [0.1, 0.15) is 45.3 Å². The molecule has 0 aromatic carbocycles. The third-order valence-electron chi connectivity index (χ3n) is 2.95. The van der Waals surface area contributed by atoms with Gasteiger partial charge in [-0.3, -0.25) is 9.59 Å². The first kappa shape index (κ1) is 16.1. The Morgan fingerprint density at radius 3 is 2.70 bits per heavy atom. The molecule has 1 amide bonds. The van der Waals surface area contributed by atoms with Gasteiger partial charge in [-0.25, -0.2) is 4.68 Å². The summed E-state index contributed by atoms with van der Waals surface area (Å²) in [5.74, 6) is -0.445. The lowest BCUT2D eigenvalue weighted by Gasteiger charge is -2.12. The molecule has 20 heavy (non-hydrogen) atoms. The molecule has 1 aromatic rings. The van der Waals surface area contributed by atoms with E-state index in [0.717, 1.165) is 6.42 Å². The summed E-state index contributed by atoms with van der Waals surface area (Å²) in [7, 11) is 0. The number of rotatable bonds is 8. The second kappa shape index (κ2) is 7.62. The average molecular weight is 282 g/mol. The molecule has 1 unspecified atom stereocenters. The van der Waals surface area contributed by atoms with E-state index in [2.05, 4.69) is 29.5 Å². The van der Waals surface area contributed by atoms with Crippen molar-refractivity contribution >= 4 is 11.9 Å². The standard InChI is InChI=1S/C13H22N4O3/c1-9(2)6-7-14-13(20)10(3)17-8-11(15-16-17)4-5-12(18)19/h8-10H,4-7H2,1-3H3,(H,14,20)(H,18,19). The highest BCUT2D eigenvalue weighted by Crippen LogP contribution is 2.07. The van der Waals surface area contributed by atoms with Gasteiger partial charge < -0.3 is 10.4 Å². The van der Waals surface area contributed by atoms with E-state index in [0.29, 0.717) is 24.6 Å². The van der Waals surface area contributed by atoms with E-state index in [9.17, 15) is 9.59 Å². The molecule has 0 spiro atoms. The highest BCUT2D eigenvalue weighted by Gasteiger charge is 2.16. The summed E-state index contributed by atoms with van der Waals surface area (Å²) >= 11 is 0. The Labute approximate surface area is 118 Å². The number of aliphatic carboxylic acids is 1. The van der Waals surface area contributed by atoms with Crippen molar-refractivity contribution in [1.29, 1.82) is 0 Å². The van der Waals surface area contributed by atoms with Crippen molar-refractivity contribution in [2.75, 3.05) is 6.54 Å². The summed E-state index contributed by atoms with van der Waals surface area (Å²) in [6.45, 7) is 6.57. The van der Waals surface area contributed by atoms with Gasteiger partial charge in [0.15, 0.2) is 0 Å². The van der Waals surface area contributed by atoms with Gasteiger partial charge in [0, 0.05) is 19.2 Å². The lowest BCUT2D eigenvalue weighted by molar-refractivity contribution is -0.137. The van der Waals surface area contributed by atoms with Crippen LogP contribution in [0.15, 0.2) is 6.20 Å². The zero-order valence-corrected chi connectivity index (χ0v) is 12.2. The number of carbonyl (C=O) groups is 2. The van der Waals surface area contributed by atoms with Crippen LogP contribution in [-0.4, -0.2) is 38.5 Å². The molecule has 0 fully saturated rings. The second-order valence-corrected chi connectivity index (χ2v) is 5.23. The lowest BCUT2D eigenvalue weighted by Crippen LogP contribution is -2.32. The van der Waals surface area contributed by atoms with Gasteiger partial charge in [0.05, 0.1) is 12.1 Å². The molecule has 7 heteroatoms. The van der Waals surface area contributed by atoms with Crippen molar-refractivity contribution in [2.45, 2.75) is 46.1 Å². The van der Waals surface area contributed by atoms with Gasteiger partial charge in [0.2, 0.25) is 5.91 Å². The molecule has 0 bridgehead atoms. The maximum Gasteiger partial charge on any atom is 0.303 e. The highest BCUT2D eigenvalue weighted by atomic mass is 16.4. The first-order valence-electron chi connectivity index (χ1n) is 6.80. The molecule has 0 aliphatic carbocycles. The third-order valence-corrected chi connectivity index (χ3v) is 2.95. The molecular weight excluding hydrogens is 260 g/mol. The van der Waals surface area contributed by atoms with Crippen LogP contribution in [0, 0.1) is 5.92 Å². The van der Waals surface area contributed by atoms with Gasteiger partial charge in [-0.15, -0.1) is 5.10 Å². The Bertz CT molecular complexity index is 456. The highest BCUT2D eigenvalue weighted by molar-refractivity contribution is 5.79. The maximum atomic E-state index is 11.9. The van der Waals surface area contributed by atoms with Gasteiger partial charge in [-0.1, -0.05) is 19.1 Å². The van der Waals surface area contributed by atoms with Crippen LogP contribution in [0.3, 0.4) is 0 Å². The number of hydrogen-bond acceptors (Lipinski definition) is 4. The Morgan fingerprint density at radius 2 is 2.10 bits per heavy atom. The number of carbonyl (C=O) groups excluding carboxylic acids is 1.